The minimum atomic E-state index is -3.35. The van der Waals surface area contributed by atoms with E-state index in [4.69, 9.17) is 0 Å². The first-order valence-corrected chi connectivity index (χ1v) is 9.90. The average molecular weight is 364 g/mol. The summed E-state index contributed by atoms with van der Waals surface area (Å²) in [5, 5.41) is 4.90. The number of para-hydroxylation sites is 1. The molecule has 1 aliphatic heterocycles. The molecule has 0 N–H and O–H groups in total. The Labute approximate surface area is 148 Å². The molecular weight excluding hydrogens is 340 g/mol. The van der Waals surface area contributed by atoms with Gasteiger partial charge in [0, 0.05) is 39.6 Å². The standard InChI is InChI=1S/C17H24N4O3S/c1-19(2)25(23,24)13-7-6-10-21(12-13)17(22)11-15-14-8-4-5-9-16(14)20(3)18-15/h4-5,8-9,13H,6-7,10-12H2,1-3H3. The van der Waals surface area contributed by atoms with Crippen LogP contribution in [0.5, 0.6) is 0 Å². The van der Waals surface area contributed by atoms with Gasteiger partial charge in [-0.15, -0.1) is 0 Å². The normalized spacial score (nSPS) is 18.9. The maximum atomic E-state index is 12.7. The van der Waals surface area contributed by atoms with Crippen molar-refractivity contribution in [1.82, 2.24) is 19.0 Å². The van der Waals surface area contributed by atoms with Crippen LogP contribution in [0.4, 0.5) is 0 Å². The number of amides is 1. The maximum absolute atomic E-state index is 12.7. The van der Waals surface area contributed by atoms with Crippen molar-refractivity contribution in [3.63, 3.8) is 0 Å². The van der Waals surface area contributed by atoms with E-state index < -0.39 is 15.3 Å². The van der Waals surface area contributed by atoms with Crippen molar-refractivity contribution >= 4 is 26.8 Å². The number of hydrogen-bond acceptors (Lipinski definition) is 4. The van der Waals surface area contributed by atoms with Gasteiger partial charge < -0.3 is 4.90 Å². The largest absolute Gasteiger partial charge is 0.341 e. The molecule has 0 aliphatic carbocycles. The molecular formula is C17H24N4O3S. The van der Waals surface area contributed by atoms with E-state index >= 15 is 0 Å². The Balaban J connectivity index is 1.77. The summed E-state index contributed by atoms with van der Waals surface area (Å²) in [6, 6.07) is 7.80. The second-order valence-electron chi connectivity index (χ2n) is 6.70. The third-order valence-corrected chi connectivity index (χ3v) is 7.06. The zero-order valence-corrected chi connectivity index (χ0v) is 15.7. The predicted molar refractivity (Wildman–Crippen MR) is 96.6 cm³/mol. The van der Waals surface area contributed by atoms with Crippen LogP contribution in [0.2, 0.25) is 0 Å². The molecule has 2 aromatic rings. The lowest BCUT2D eigenvalue weighted by atomic mass is 10.1. The molecule has 1 atom stereocenters. The Morgan fingerprint density at radius 3 is 2.76 bits per heavy atom. The van der Waals surface area contributed by atoms with Crippen molar-refractivity contribution in [2.24, 2.45) is 7.05 Å². The fourth-order valence-corrected chi connectivity index (χ4v) is 4.81. The molecule has 1 amide bonds. The third-order valence-electron chi connectivity index (χ3n) is 4.81. The van der Waals surface area contributed by atoms with E-state index in [1.165, 1.54) is 18.4 Å². The predicted octanol–water partition coefficient (Wildman–Crippen LogP) is 0.998. The van der Waals surface area contributed by atoms with Gasteiger partial charge in [0.05, 0.1) is 22.9 Å². The Kier molecular flexibility index (Phi) is 4.83. The lowest BCUT2D eigenvalue weighted by molar-refractivity contribution is -0.131. The van der Waals surface area contributed by atoms with E-state index in [0.717, 1.165) is 16.6 Å². The molecule has 1 fully saturated rings. The summed E-state index contributed by atoms with van der Waals surface area (Å²) in [6.07, 6.45) is 1.49. The second-order valence-corrected chi connectivity index (χ2v) is 9.12. The van der Waals surface area contributed by atoms with E-state index in [1.807, 2.05) is 31.3 Å². The highest BCUT2D eigenvalue weighted by Crippen LogP contribution is 2.22. The Bertz CT molecular complexity index is 888. The number of rotatable bonds is 4. The fourth-order valence-electron chi connectivity index (χ4n) is 3.38. The van der Waals surface area contributed by atoms with Crippen LogP contribution in [0.25, 0.3) is 10.9 Å². The van der Waals surface area contributed by atoms with Crippen molar-refractivity contribution in [2.75, 3.05) is 27.2 Å². The van der Waals surface area contributed by atoms with Crippen LogP contribution >= 0.6 is 0 Å². The van der Waals surface area contributed by atoms with Crippen molar-refractivity contribution in [1.29, 1.82) is 0 Å². The van der Waals surface area contributed by atoms with E-state index in [1.54, 1.807) is 9.58 Å². The van der Waals surface area contributed by atoms with E-state index in [0.29, 0.717) is 19.4 Å². The van der Waals surface area contributed by atoms with Crippen LogP contribution in [0.3, 0.4) is 0 Å². The van der Waals surface area contributed by atoms with Crippen LogP contribution in [-0.4, -0.2) is 65.7 Å². The van der Waals surface area contributed by atoms with Gasteiger partial charge in [-0.1, -0.05) is 18.2 Å². The van der Waals surface area contributed by atoms with Crippen LogP contribution in [0.15, 0.2) is 24.3 Å². The second kappa shape index (κ2) is 6.76. The van der Waals surface area contributed by atoms with Gasteiger partial charge in [-0.25, -0.2) is 12.7 Å². The molecule has 1 unspecified atom stereocenters. The zero-order valence-electron chi connectivity index (χ0n) is 14.8. The molecule has 1 aromatic carbocycles. The fraction of sp³-hybridized carbons (Fsp3) is 0.529. The Morgan fingerprint density at radius 1 is 1.32 bits per heavy atom. The molecule has 1 saturated heterocycles. The molecule has 2 heterocycles. The van der Waals surface area contributed by atoms with E-state index in [-0.39, 0.29) is 18.9 Å². The number of aryl methyl sites for hydroxylation is 1. The van der Waals surface area contributed by atoms with Crippen molar-refractivity contribution in [3.8, 4) is 0 Å². The van der Waals surface area contributed by atoms with Gasteiger partial charge >= 0.3 is 0 Å². The number of hydrogen-bond donors (Lipinski definition) is 0. The lowest BCUT2D eigenvalue weighted by Gasteiger charge is -2.33. The summed E-state index contributed by atoms with van der Waals surface area (Å²) >= 11 is 0. The number of carbonyl (C=O) groups excluding carboxylic acids is 1. The number of piperidine rings is 1. The third kappa shape index (κ3) is 3.41. The summed E-state index contributed by atoms with van der Waals surface area (Å²) in [4.78, 5) is 14.4. The molecule has 0 spiro atoms. The summed E-state index contributed by atoms with van der Waals surface area (Å²) < 4.78 is 27.7. The molecule has 136 valence electrons. The van der Waals surface area contributed by atoms with E-state index in [2.05, 4.69) is 5.10 Å². The van der Waals surface area contributed by atoms with Crippen LogP contribution in [-0.2, 0) is 28.3 Å². The van der Waals surface area contributed by atoms with Gasteiger partial charge in [0.2, 0.25) is 15.9 Å². The Hall–Kier alpha value is -1.93. The summed E-state index contributed by atoms with van der Waals surface area (Å²) in [7, 11) is 1.58. The van der Waals surface area contributed by atoms with Gasteiger partial charge in [0.1, 0.15) is 0 Å². The minimum absolute atomic E-state index is 0.0671. The first-order chi connectivity index (χ1) is 11.8. The van der Waals surface area contributed by atoms with Gasteiger partial charge in [-0.2, -0.15) is 5.10 Å². The summed E-state index contributed by atoms with van der Waals surface area (Å²) in [6.45, 7) is 0.854. The smallest absolute Gasteiger partial charge is 0.228 e. The quantitative estimate of drug-likeness (QED) is 0.811. The highest BCUT2D eigenvalue weighted by atomic mass is 32.2. The maximum Gasteiger partial charge on any atom is 0.228 e. The number of likely N-dealkylation sites (tertiary alicyclic amines) is 1. The highest BCUT2D eigenvalue weighted by molar-refractivity contribution is 7.89. The molecule has 7 nitrogen and oxygen atoms in total. The number of nitrogens with zero attached hydrogens (tertiary/aromatic N) is 4. The molecule has 25 heavy (non-hydrogen) atoms. The van der Waals surface area contributed by atoms with Crippen LogP contribution in [0, 0.1) is 0 Å². The van der Waals surface area contributed by atoms with Crippen LogP contribution < -0.4 is 0 Å². The number of benzene rings is 1. The minimum Gasteiger partial charge on any atom is -0.341 e. The van der Waals surface area contributed by atoms with Crippen LogP contribution in [0.1, 0.15) is 18.5 Å². The van der Waals surface area contributed by atoms with Crippen molar-refractivity contribution in [3.05, 3.63) is 30.0 Å². The van der Waals surface area contributed by atoms with Crippen molar-refractivity contribution < 1.29 is 13.2 Å². The molecule has 0 radical (unpaired) electrons. The molecule has 0 bridgehead atoms. The zero-order chi connectivity index (χ0) is 18.2. The lowest BCUT2D eigenvalue weighted by Crippen LogP contribution is -2.48. The van der Waals surface area contributed by atoms with Gasteiger partial charge in [0.15, 0.2) is 0 Å². The van der Waals surface area contributed by atoms with Gasteiger partial charge in [-0.3, -0.25) is 9.48 Å². The molecule has 3 rings (SSSR count). The molecule has 1 aromatic heterocycles. The van der Waals surface area contributed by atoms with E-state index in [9.17, 15) is 13.2 Å². The van der Waals surface area contributed by atoms with Gasteiger partial charge in [0.25, 0.3) is 0 Å². The van der Waals surface area contributed by atoms with Crippen molar-refractivity contribution in [2.45, 2.75) is 24.5 Å². The highest BCUT2D eigenvalue weighted by Gasteiger charge is 2.34. The number of sulfonamides is 1. The topological polar surface area (TPSA) is 75.5 Å². The summed E-state index contributed by atoms with van der Waals surface area (Å²) in [5.41, 5.74) is 1.72. The SMILES string of the molecule is CN(C)S(=O)(=O)C1CCCN(C(=O)Cc2nn(C)c3ccccc23)C1. The molecule has 8 heteroatoms. The monoisotopic (exact) mass is 364 g/mol. The first kappa shape index (κ1) is 17.9. The molecule has 1 aliphatic rings. The van der Waals surface area contributed by atoms with Gasteiger partial charge in [-0.05, 0) is 18.9 Å². The molecule has 0 saturated carbocycles. The number of fused-ring (bicyclic) bond motifs is 1. The first-order valence-electron chi connectivity index (χ1n) is 8.40. The summed E-state index contributed by atoms with van der Waals surface area (Å²) in [5.74, 6) is -0.0671. The number of carbonyl (C=O) groups is 1. The Morgan fingerprint density at radius 2 is 2.04 bits per heavy atom. The number of aromatic nitrogens is 2. The average Bonchev–Trinajstić information content (AvgIpc) is 2.91.